The molecule has 2 fully saturated rings. The zero-order chi connectivity index (χ0) is 22.5. The van der Waals surface area contributed by atoms with Crippen molar-refractivity contribution in [2.45, 2.75) is 64.1 Å². The molecule has 2 N–H and O–H groups in total. The second-order valence-electron chi connectivity index (χ2n) is 9.18. The van der Waals surface area contributed by atoms with Crippen LogP contribution in [0.5, 0.6) is 5.88 Å². The molecule has 1 aromatic heterocycles. The monoisotopic (exact) mass is 437 g/mol. The van der Waals surface area contributed by atoms with Crippen LogP contribution in [0.25, 0.3) is 0 Å². The molecule has 2 aromatic rings. The predicted molar refractivity (Wildman–Crippen MR) is 130 cm³/mol. The van der Waals surface area contributed by atoms with Crippen molar-refractivity contribution in [3.63, 3.8) is 0 Å². The van der Waals surface area contributed by atoms with Gasteiger partial charge in [-0.15, -0.1) is 0 Å². The van der Waals surface area contributed by atoms with Crippen molar-refractivity contribution in [2.75, 3.05) is 35.7 Å². The summed E-state index contributed by atoms with van der Waals surface area (Å²) in [5.41, 5.74) is 2.59. The Labute approximate surface area is 191 Å². The molecule has 0 spiro atoms. The number of aromatic nitrogens is 1. The quantitative estimate of drug-likeness (QED) is 0.640. The highest BCUT2D eigenvalue weighted by Crippen LogP contribution is 2.26. The Kier molecular flexibility index (Phi) is 7.15. The summed E-state index contributed by atoms with van der Waals surface area (Å²) in [4.78, 5) is 21.5. The summed E-state index contributed by atoms with van der Waals surface area (Å²) in [6.07, 6.45) is 7.71. The van der Waals surface area contributed by atoms with Crippen LogP contribution in [0, 0.1) is 0 Å². The van der Waals surface area contributed by atoms with Crippen molar-refractivity contribution >= 4 is 23.1 Å². The van der Waals surface area contributed by atoms with E-state index < -0.39 is 0 Å². The lowest BCUT2D eigenvalue weighted by Gasteiger charge is -2.28. The van der Waals surface area contributed by atoms with E-state index in [1.807, 2.05) is 24.3 Å². The van der Waals surface area contributed by atoms with Crippen LogP contribution in [-0.2, 0) is 0 Å². The predicted octanol–water partition coefficient (Wildman–Crippen LogP) is 4.97. The fraction of sp³-hybridized carbons (Fsp3) is 0.520. The summed E-state index contributed by atoms with van der Waals surface area (Å²) >= 11 is 0. The first-order chi connectivity index (χ1) is 15.5. The third-order valence-corrected chi connectivity index (χ3v) is 6.63. The van der Waals surface area contributed by atoms with Crippen molar-refractivity contribution in [1.82, 2.24) is 9.88 Å². The summed E-state index contributed by atoms with van der Waals surface area (Å²) < 4.78 is 5.87. The average Bonchev–Trinajstić information content (AvgIpc) is 3.47. The normalized spacial score (nSPS) is 19.0. The van der Waals surface area contributed by atoms with Crippen molar-refractivity contribution in [3.05, 3.63) is 42.6 Å². The number of amides is 2. The molecule has 1 aliphatic carbocycles. The van der Waals surface area contributed by atoms with Gasteiger partial charge in [-0.1, -0.05) is 0 Å². The lowest BCUT2D eigenvalue weighted by Crippen LogP contribution is -2.39. The molecule has 0 bridgehead atoms. The van der Waals surface area contributed by atoms with Gasteiger partial charge in [0.25, 0.3) is 0 Å². The number of ether oxygens (including phenoxy) is 1. The van der Waals surface area contributed by atoms with Gasteiger partial charge in [-0.3, -0.25) is 4.90 Å². The molecule has 7 nitrogen and oxygen atoms in total. The van der Waals surface area contributed by atoms with Crippen LogP contribution in [0.15, 0.2) is 42.6 Å². The molecule has 1 saturated carbocycles. The van der Waals surface area contributed by atoms with Gasteiger partial charge in [0.05, 0.1) is 11.9 Å². The molecule has 2 aliphatic rings. The minimum Gasteiger partial charge on any atom is -0.474 e. The van der Waals surface area contributed by atoms with Gasteiger partial charge in [-0.2, -0.15) is 0 Å². The zero-order valence-corrected chi connectivity index (χ0v) is 19.4. The molecule has 2 heterocycles. The van der Waals surface area contributed by atoms with Gasteiger partial charge in [0.1, 0.15) is 6.10 Å². The highest BCUT2D eigenvalue weighted by molar-refractivity contribution is 5.99. The van der Waals surface area contributed by atoms with Crippen molar-refractivity contribution in [3.8, 4) is 5.88 Å². The molecule has 0 radical (unpaired) electrons. The minimum absolute atomic E-state index is 0.273. The zero-order valence-electron chi connectivity index (χ0n) is 19.4. The van der Waals surface area contributed by atoms with E-state index in [2.05, 4.69) is 58.4 Å². The number of nitrogens with zero attached hydrogens (tertiary/aromatic N) is 3. The molecule has 7 heteroatoms. The van der Waals surface area contributed by atoms with Crippen LogP contribution in [-0.4, -0.2) is 54.2 Å². The molecule has 172 valence electrons. The average molecular weight is 438 g/mol. The second-order valence-corrected chi connectivity index (χ2v) is 9.18. The number of nitrogens with one attached hydrogen (secondary N) is 2. The first kappa shape index (κ1) is 22.4. The Balaban J connectivity index is 1.26. The SMILES string of the molecule is CC(C)N(C)C1CCN(c2ccc(NC(=O)Nc3ccc(OC4CCCC4)nc3)cc2)C1. The number of pyridine rings is 1. The summed E-state index contributed by atoms with van der Waals surface area (Å²) in [7, 11) is 2.20. The van der Waals surface area contributed by atoms with E-state index >= 15 is 0 Å². The maximum atomic E-state index is 12.4. The van der Waals surface area contributed by atoms with Gasteiger partial charge < -0.3 is 20.3 Å². The van der Waals surface area contributed by atoms with Gasteiger partial charge in [0, 0.05) is 42.6 Å². The number of carbonyl (C=O) groups is 1. The van der Waals surface area contributed by atoms with Crippen LogP contribution in [0.1, 0.15) is 46.0 Å². The lowest BCUT2D eigenvalue weighted by atomic mass is 10.2. The molecular formula is C25H35N5O2. The number of likely N-dealkylation sites (N-methyl/N-ethyl adjacent to an activating group) is 1. The first-order valence-corrected chi connectivity index (χ1v) is 11.8. The van der Waals surface area contributed by atoms with Gasteiger partial charge in [-0.05, 0) is 83.3 Å². The largest absolute Gasteiger partial charge is 0.474 e. The summed E-state index contributed by atoms with van der Waals surface area (Å²) in [5.74, 6) is 0.613. The molecule has 1 unspecified atom stereocenters. The van der Waals surface area contributed by atoms with Crippen LogP contribution in [0.3, 0.4) is 0 Å². The van der Waals surface area contributed by atoms with E-state index in [-0.39, 0.29) is 12.1 Å². The first-order valence-electron chi connectivity index (χ1n) is 11.8. The van der Waals surface area contributed by atoms with E-state index in [9.17, 15) is 4.79 Å². The standard InChI is InChI=1S/C25H35N5O2/c1-18(2)29(3)22-14-15-30(17-22)21-11-8-19(9-12-21)27-25(31)28-20-10-13-24(26-16-20)32-23-6-4-5-7-23/h8-13,16,18,22-23H,4-7,14-15,17H2,1-3H3,(H2,27,28,31). The van der Waals surface area contributed by atoms with Crippen LogP contribution in [0.4, 0.5) is 21.9 Å². The molecule has 32 heavy (non-hydrogen) atoms. The maximum Gasteiger partial charge on any atom is 0.323 e. The Morgan fingerprint density at radius 3 is 2.41 bits per heavy atom. The van der Waals surface area contributed by atoms with Crippen LogP contribution < -0.4 is 20.3 Å². The molecule has 1 aliphatic heterocycles. The van der Waals surface area contributed by atoms with Gasteiger partial charge in [0.15, 0.2) is 0 Å². The van der Waals surface area contributed by atoms with Gasteiger partial charge in [-0.25, -0.2) is 9.78 Å². The number of carbonyl (C=O) groups excluding carboxylic acids is 1. The number of hydrogen-bond donors (Lipinski definition) is 2. The third kappa shape index (κ3) is 5.71. The molecule has 1 aromatic carbocycles. The fourth-order valence-corrected chi connectivity index (χ4v) is 4.48. The summed E-state index contributed by atoms with van der Waals surface area (Å²) in [6, 6.07) is 12.5. The van der Waals surface area contributed by atoms with Gasteiger partial charge in [0.2, 0.25) is 5.88 Å². The second kappa shape index (κ2) is 10.2. The van der Waals surface area contributed by atoms with Crippen molar-refractivity contribution in [1.29, 1.82) is 0 Å². The van der Waals surface area contributed by atoms with E-state index in [1.165, 1.54) is 24.9 Å². The highest BCUT2D eigenvalue weighted by atomic mass is 16.5. The van der Waals surface area contributed by atoms with Crippen LogP contribution >= 0.6 is 0 Å². The smallest absolute Gasteiger partial charge is 0.323 e. The van der Waals surface area contributed by atoms with Gasteiger partial charge >= 0.3 is 6.03 Å². The Bertz CT molecular complexity index is 878. The Morgan fingerprint density at radius 1 is 1.06 bits per heavy atom. The lowest BCUT2D eigenvalue weighted by molar-refractivity contribution is 0.201. The Hall–Kier alpha value is -2.80. The molecule has 1 saturated heterocycles. The highest BCUT2D eigenvalue weighted by Gasteiger charge is 2.27. The molecular weight excluding hydrogens is 402 g/mol. The molecule has 4 rings (SSSR count). The maximum absolute atomic E-state index is 12.4. The molecule has 2 amide bonds. The van der Waals surface area contributed by atoms with E-state index in [4.69, 9.17) is 4.74 Å². The third-order valence-electron chi connectivity index (χ3n) is 6.63. The fourth-order valence-electron chi connectivity index (χ4n) is 4.48. The minimum atomic E-state index is -0.288. The number of rotatable bonds is 7. The number of anilines is 3. The Morgan fingerprint density at radius 2 is 1.75 bits per heavy atom. The van der Waals surface area contributed by atoms with Crippen LogP contribution in [0.2, 0.25) is 0 Å². The number of benzene rings is 1. The topological polar surface area (TPSA) is 69.7 Å². The van der Waals surface area contributed by atoms with E-state index in [0.29, 0.717) is 23.7 Å². The molecule has 1 atom stereocenters. The summed E-state index contributed by atoms with van der Waals surface area (Å²) in [5, 5.41) is 5.71. The van der Waals surface area contributed by atoms with E-state index in [1.54, 1.807) is 6.20 Å². The van der Waals surface area contributed by atoms with Crippen molar-refractivity contribution in [2.24, 2.45) is 0 Å². The summed E-state index contributed by atoms with van der Waals surface area (Å²) in [6.45, 7) is 6.57. The van der Waals surface area contributed by atoms with E-state index in [0.717, 1.165) is 31.6 Å². The van der Waals surface area contributed by atoms with Crippen molar-refractivity contribution < 1.29 is 9.53 Å². The number of hydrogen-bond acceptors (Lipinski definition) is 5. The number of urea groups is 1.